The van der Waals surface area contributed by atoms with Crippen LogP contribution in [0.25, 0.3) is 11.0 Å². The molecule has 0 bridgehead atoms. The monoisotopic (exact) mass is 462 g/mol. The Morgan fingerprint density at radius 1 is 0.939 bits per heavy atom. The molecule has 1 heterocycles. The second-order valence-corrected chi connectivity index (χ2v) is 9.87. The van der Waals surface area contributed by atoms with E-state index in [1.54, 1.807) is 13.8 Å². The highest BCUT2D eigenvalue weighted by molar-refractivity contribution is 7.89. The van der Waals surface area contributed by atoms with Crippen molar-refractivity contribution < 1.29 is 13.2 Å². The molecule has 0 aliphatic heterocycles. The molecule has 0 saturated heterocycles. The lowest BCUT2D eigenvalue weighted by Crippen LogP contribution is -2.30. The molecular formula is C25H26N4O3S. The Hall–Kier alpha value is -3.49. The van der Waals surface area contributed by atoms with E-state index >= 15 is 0 Å². The highest BCUT2D eigenvalue weighted by Crippen LogP contribution is 2.15. The number of hydrogen-bond acceptors (Lipinski definition) is 4. The summed E-state index contributed by atoms with van der Waals surface area (Å²) >= 11 is 0. The molecule has 3 aromatic carbocycles. The van der Waals surface area contributed by atoms with Crippen LogP contribution in [0.4, 0.5) is 0 Å². The third-order valence-electron chi connectivity index (χ3n) is 5.17. The van der Waals surface area contributed by atoms with Crippen LogP contribution in [-0.2, 0) is 23.1 Å². The van der Waals surface area contributed by atoms with Crippen molar-refractivity contribution in [1.29, 1.82) is 0 Å². The van der Waals surface area contributed by atoms with E-state index < -0.39 is 10.0 Å². The number of benzene rings is 3. The second-order valence-electron chi connectivity index (χ2n) is 8.16. The van der Waals surface area contributed by atoms with Gasteiger partial charge in [0, 0.05) is 24.7 Å². The average molecular weight is 463 g/mol. The van der Waals surface area contributed by atoms with Crippen molar-refractivity contribution in [2.45, 2.75) is 37.9 Å². The number of aromatic nitrogens is 2. The number of amides is 1. The molecule has 0 aliphatic carbocycles. The van der Waals surface area contributed by atoms with Crippen molar-refractivity contribution in [2.24, 2.45) is 0 Å². The maximum Gasteiger partial charge on any atom is 0.251 e. The van der Waals surface area contributed by atoms with Gasteiger partial charge in [0.1, 0.15) is 0 Å². The first kappa shape index (κ1) is 22.7. The Morgan fingerprint density at radius 2 is 1.61 bits per heavy atom. The van der Waals surface area contributed by atoms with Gasteiger partial charge in [-0.05, 0) is 61.4 Å². The first-order valence-electron chi connectivity index (χ1n) is 10.7. The lowest BCUT2D eigenvalue weighted by molar-refractivity contribution is 0.0951. The van der Waals surface area contributed by atoms with Crippen molar-refractivity contribution in [2.75, 3.05) is 0 Å². The van der Waals surface area contributed by atoms with Gasteiger partial charge in [-0.2, -0.15) is 0 Å². The molecule has 8 heteroatoms. The zero-order valence-corrected chi connectivity index (χ0v) is 19.3. The molecule has 0 radical (unpaired) electrons. The molecule has 0 unspecified atom stereocenters. The van der Waals surface area contributed by atoms with Crippen LogP contribution in [0.2, 0.25) is 0 Å². The molecule has 1 aromatic heterocycles. The molecule has 4 rings (SSSR count). The van der Waals surface area contributed by atoms with Crippen LogP contribution in [0, 0.1) is 0 Å². The SMILES string of the molecule is CC(C)NS(=O)(=O)c1ccc(C(=O)NCc2ccc(Cn3cnc4ccccc43)cc2)cc1. The van der Waals surface area contributed by atoms with Crippen LogP contribution in [0.1, 0.15) is 35.3 Å². The number of para-hydroxylation sites is 2. The van der Waals surface area contributed by atoms with Crippen LogP contribution >= 0.6 is 0 Å². The van der Waals surface area contributed by atoms with Crippen LogP contribution in [0.3, 0.4) is 0 Å². The van der Waals surface area contributed by atoms with Gasteiger partial charge in [-0.1, -0.05) is 36.4 Å². The van der Waals surface area contributed by atoms with Crippen molar-refractivity contribution in [1.82, 2.24) is 19.6 Å². The number of carbonyl (C=O) groups is 1. The molecule has 0 atom stereocenters. The summed E-state index contributed by atoms with van der Waals surface area (Å²) in [4.78, 5) is 17.0. The molecule has 0 fully saturated rings. The Balaban J connectivity index is 1.35. The van der Waals surface area contributed by atoms with E-state index in [0.717, 1.165) is 22.2 Å². The van der Waals surface area contributed by atoms with Gasteiger partial charge >= 0.3 is 0 Å². The summed E-state index contributed by atoms with van der Waals surface area (Å²) in [6.45, 7) is 4.60. The summed E-state index contributed by atoms with van der Waals surface area (Å²) in [5.41, 5.74) is 4.58. The quantitative estimate of drug-likeness (QED) is 0.418. The van der Waals surface area contributed by atoms with Crippen molar-refractivity contribution in [3.63, 3.8) is 0 Å². The maximum absolute atomic E-state index is 12.5. The fourth-order valence-electron chi connectivity index (χ4n) is 3.54. The fraction of sp³-hybridized carbons (Fsp3) is 0.200. The summed E-state index contributed by atoms with van der Waals surface area (Å²) in [5, 5.41) is 2.88. The summed E-state index contributed by atoms with van der Waals surface area (Å²) in [6, 6.07) is 21.8. The third-order valence-corrected chi connectivity index (χ3v) is 6.85. The maximum atomic E-state index is 12.5. The van der Waals surface area contributed by atoms with Gasteiger partial charge in [-0.25, -0.2) is 18.1 Å². The normalized spacial score (nSPS) is 11.7. The van der Waals surface area contributed by atoms with Crippen LogP contribution in [0.15, 0.2) is 84.0 Å². The fourth-order valence-corrected chi connectivity index (χ4v) is 4.79. The topological polar surface area (TPSA) is 93.1 Å². The van der Waals surface area contributed by atoms with Crippen LogP contribution in [0.5, 0.6) is 0 Å². The molecule has 1 amide bonds. The molecule has 7 nitrogen and oxygen atoms in total. The van der Waals surface area contributed by atoms with E-state index in [9.17, 15) is 13.2 Å². The van der Waals surface area contributed by atoms with E-state index in [2.05, 4.69) is 25.7 Å². The minimum atomic E-state index is -3.58. The lowest BCUT2D eigenvalue weighted by Gasteiger charge is -2.10. The van der Waals surface area contributed by atoms with Gasteiger partial charge in [0.15, 0.2) is 0 Å². The average Bonchev–Trinajstić information content (AvgIpc) is 3.20. The third kappa shape index (κ3) is 5.47. The standard InChI is InChI=1S/C25H26N4O3S/c1-18(2)28-33(31,32)22-13-11-21(12-14-22)25(30)26-15-19-7-9-20(10-8-19)16-29-17-27-23-5-3-4-6-24(23)29/h3-14,17-18,28H,15-16H2,1-2H3,(H,26,30). The van der Waals surface area contributed by atoms with Gasteiger partial charge in [0.25, 0.3) is 5.91 Å². The Bertz CT molecular complexity index is 1360. The molecule has 33 heavy (non-hydrogen) atoms. The number of nitrogens with one attached hydrogen (secondary N) is 2. The van der Waals surface area contributed by atoms with Gasteiger partial charge in [-0.3, -0.25) is 4.79 Å². The summed E-state index contributed by atoms with van der Waals surface area (Å²) in [7, 11) is -3.58. The van der Waals surface area contributed by atoms with E-state index in [1.807, 2.05) is 48.8 Å². The first-order chi connectivity index (χ1) is 15.8. The largest absolute Gasteiger partial charge is 0.348 e. The zero-order valence-electron chi connectivity index (χ0n) is 18.5. The van der Waals surface area contributed by atoms with Crippen molar-refractivity contribution >= 4 is 27.0 Å². The Labute approximate surface area is 193 Å². The molecule has 4 aromatic rings. The highest BCUT2D eigenvalue weighted by atomic mass is 32.2. The van der Waals surface area contributed by atoms with Crippen LogP contribution < -0.4 is 10.0 Å². The van der Waals surface area contributed by atoms with E-state index in [1.165, 1.54) is 24.3 Å². The van der Waals surface area contributed by atoms with Crippen molar-refractivity contribution in [3.8, 4) is 0 Å². The van der Waals surface area contributed by atoms with Gasteiger partial charge in [-0.15, -0.1) is 0 Å². The smallest absolute Gasteiger partial charge is 0.251 e. The van der Waals surface area contributed by atoms with Gasteiger partial charge < -0.3 is 9.88 Å². The summed E-state index contributed by atoms with van der Waals surface area (Å²) in [6.07, 6.45) is 1.84. The summed E-state index contributed by atoms with van der Waals surface area (Å²) in [5.74, 6) is -0.260. The highest BCUT2D eigenvalue weighted by Gasteiger charge is 2.16. The molecule has 0 spiro atoms. The predicted molar refractivity (Wildman–Crippen MR) is 128 cm³/mol. The summed E-state index contributed by atoms with van der Waals surface area (Å²) < 4.78 is 29.0. The Kier molecular flexibility index (Phi) is 6.57. The van der Waals surface area contributed by atoms with Gasteiger partial charge in [0.05, 0.1) is 22.3 Å². The lowest BCUT2D eigenvalue weighted by atomic mass is 10.1. The number of fused-ring (bicyclic) bond motifs is 1. The zero-order chi connectivity index (χ0) is 23.4. The first-order valence-corrected chi connectivity index (χ1v) is 12.2. The molecule has 170 valence electrons. The van der Waals surface area contributed by atoms with E-state index in [0.29, 0.717) is 18.7 Å². The Morgan fingerprint density at radius 3 is 2.30 bits per heavy atom. The number of imidazole rings is 1. The number of nitrogens with zero attached hydrogens (tertiary/aromatic N) is 2. The predicted octanol–water partition coefficient (Wildman–Crippen LogP) is 3.70. The molecular weight excluding hydrogens is 436 g/mol. The van der Waals surface area contributed by atoms with E-state index in [-0.39, 0.29) is 16.8 Å². The molecule has 0 aliphatic rings. The van der Waals surface area contributed by atoms with Gasteiger partial charge in [0.2, 0.25) is 10.0 Å². The number of sulfonamides is 1. The second kappa shape index (κ2) is 9.56. The molecule has 2 N–H and O–H groups in total. The minimum absolute atomic E-state index is 0.133. The number of hydrogen-bond donors (Lipinski definition) is 2. The van der Waals surface area contributed by atoms with E-state index in [4.69, 9.17) is 0 Å². The number of carbonyl (C=O) groups excluding carboxylic acids is 1. The number of rotatable bonds is 8. The molecule has 0 saturated carbocycles. The van der Waals surface area contributed by atoms with Crippen LogP contribution in [-0.4, -0.2) is 29.9 Å². The van der Waals surface area contributed by atoms with Crippen molar-refractivity contribution in [3.05, 3.63) is 95.8 Å². The minimum Gasteiger partial charge on any atom is -0.348 e.